The zero-order chi connectivity index (χ0) is 23.0. The van der Waals surface area contributed by atoms with E-state index in [0.29, 0.717) is 12.1 Å². The van der Waals surface area contributed by atoms with Crippen LogP contribution in [0.15, 0.2) is 42.6 Å². The van der Waals surface area contributed by atoms with E-state index in [2.05, 4.69) is 21.9 Å². The molecule has 1 aliphatic heterocycles. The zero-order valence-electron chi connectivity index (χ0n) is 16.8. The number of anilines is 1. The van der Waals surface area contributed by atoms with E-state index in [1.54, 1.807) is 18.2 Å². The molecule has 0 unspecified atom stereocenters. The maximum atomic E-state index is 13.1. The third kappa shape index (κ3) is 4.83. The Bertz CT molecular complexity index is 1110. The summed E-state index contributed by atoms with van der Waals surface area (Å²) in [6, 6.07) is 6.89. The van der Waals surface area contributed by atoms with E-state index in [4.69, 9.17) is 0 Å². The molecule has 0 aliphatic carbocycles. The Kier molecular flexibility index (Phi) is 6.02. The van der Waals surface area contributed by atoms with Gasteiger partial charge in [0.25, 0.3) is 0 Å². The Labute approximate surface area is 174 Å². The van der Waals surface area contributed by atoms with Crippen LogP contribution >= 0.6 is 0 Å². The predicted molar refractivity (Wildman–Crippen MR) is 106 cm³/mol. The van der Waals surface area contributed by atoms with Crippen molar-refractivity contribution >= 4 is 16.9 Å². The molecular formula is C21H20F6N4. The lowest BCUT2D eigenvalue weighted by Crippen LogP contribution is -2.12. The molecule has 1 N–H and O–H groups in total. The molecule has 0 saturated carbocycles. The van der Waals surface area contributed by atoms with E-state index in [1.165, 1.54) is 4.57 Å². The summed E-state index contributed by atoms with van der Waals surface area (Å²) in [5.41, 5.74) is 1.60. The molecule has 0 spiro atoms. The van der Waals surface area contributed by atoms with Gasteiger partial charge in [0.1, 0.15) is 17.0 Å². The minimum atomic E-state index is -4.69. The first-order valence-corrected chi connectivity index (χ1v) is 9.62. The molecule has 2 aromatic heterocycles. The van der Waals surface area contributed by atoms with Gasteiger partial charge in [-0.15, -0.1) is 0 Å². The highest BCUT2D eigenvalue weighted by Gasteiger charge is 2.34. The standard InChI is InChI=1S/C19H14F6N4.C2H6/c1-10-8-11-9-12(2-3-13(11)26-10)29-16(6-7-18(20,21)22)27-14-4-5-15(19(23,24)25)28-17(14)29;1-2/h2-5,9,26H,1,6-8H2;1-2H3. The van der Waals surface area contributed by atoms with Crippen molar-refractivity contribution in [3.63, 3.8) is 0 Å². The number of pyridine rings is 1. The fourth-order valence-corrected chi connectivity index (χ4v) is 3.31. The van der Waals surface area contributed by atoms with Gasteiger partial charge in [-0.05, 0) is 35.9 Å². The fraction of sp³-hybridized carbons (Fsp3) is 0.333. The van der Waals surface area contributed by atoms with Crippen molar-refractivity contribution in [2.24, 2.45) is 0 Å². The molecule has 4 rings (SSSR count). The van der Waals surface area contributed by atoms with Gasteiger partial charge in [-0.3, -0.25) is 4.57 Å². The molecule has 0 fully saturated rings. The summed E-state index contributed by atoms with van der Waals surface area (Å²) in [4.78, 5) is 7.78. The highest BCUT2D eigenvalue weighted by molar-refractivity contribution is 5.75. The van der Waals surface area contributed by atoms with Crippen molar-refractivity contribution in [1.82, 2.24) is 14.5 Å². The van der Waals surface area contributed by atoms with Crippen molar-refractivity contribution in [3.8, 4) is 5.69 Å². The lowest BCUT2D eigenvalue weighted by Gasteiger charge is -2.12. The first kappa shape index (κ1) is 22.6. The smallest absolute Gasteiger partial charge is 0.359 e. The molecule has 0 radical (unpaired) electrons. The average molecular weight is 442 g/mol. The Hall–Kier alpha value is -3.04. The number of aryl methyl sites for hydroxylation is 1. The molecule has 3 aromatic rings. The second-order valence-electron chi connectivity index (χ2n) is 6.76. The number of hydrogen-bond acceptors (Lipinski definition) is 3. The topological polar surface area (TPSA) is 42.7 Å². The second kappa shape index (κ2) is 8.24. The number of halogens is 6. The van der Waals surface area contributed by atoms with Crippen LogP contribution in [0.2, 0.25) is 0 Å². The van der Waals surface area contributed by atoms with E-state index >= 15 is 0 Å². The van der Waals surface area contributed by atoms with Gasteiger partial charge in [-0.1, -0.05) is 20.4 Å². The molecule has 166 valence electrons. The van der Waals surface area contributed by atoms with Crippen molar-refractivity contribution < 1.29 is 26.3 Å². The number of hydrogen-bond donors (Lipinski definition) is 1. The first-order valence-electron chi connectivity index (χ1n) is 9.62. The van der Waals surface area contributed by atoms with Crippen LogP contribution in [0.3, 0.4) is 0 Å². The molecule has 1 aliphatic rings. The summed E-state index contributed by atoms with van der Waals surface area (Å²) in [5.74, 6) is -0.00566. The molecule has 0 amide bonds. The summed E-state index contributed by atoms with van der Waals surface area (Å²) in [6.07, 6.45) is -10.2. The Balaban J connectivity index is 0.00000132. The van der Waals surface area contributed by atoms with Gasteiger partial charge in [-0.2, -0.15) is 26.3 Å². The van der Waals surface area contributed by atoms with E-state index in [-0.39, 0.29) is 17.0 Å². The summed E-state index contributed by atoms with van der Waals surface area (Å²) in [5, 5.41) is 3.06. The van der Waals surface area contributed by atoms with Crippen molar-refractivity contribution in [2.45, 2.75) is 45.5 Å². The van der Waals surface area contributed by atoms with Gasteiger partial charge >= 0.3 is 12.4 Å². The number of nitrogens with one attached hydrogen (secondary N) is 1. The molecule has 0 atom stereocenters. The summed E-state index contributed by atoms with van der Waals surface area (Å²) >= 11 is 0. The minimum Gasteiger partial charge on any atom is -0.359 e. The average Bonchev–Trinajstić information content (AvgIpc) is 3.24. The molecule has 10 heteroatoms. The summed E-state index contributed by atoms with van der Waals surface area (Å²) in [6.45, 7) is 7.83. The van der Waals surface area contributed by atoms with Gasteiger partial charge in [-0.25, -0.2) is 9.97 Å². The number of alkyl halides is 6. The SMILES string of the molecule is C=C1Cc2cc(-n3c(CCC(F)(F)F)nc4ccc(C(F)(F)F)nc43)ccc2N1.CC. The summed E-state index contributed by atoms with van der Waals surface area (Å²) < 4.78 is 78.9. The lowest BCUT2D eigenvalue weighted by atomic mass is 10.1. The van der Waals surface area contributed by atoms with Crippen LogP contribution in [-0.4, -0.2) is 20.7 Å². The number of fused-ring (bicyclic) bond motifs is 2. The highest BCUT2D eigenvalue weighted by Crippen LogP contribution is 2.33. The number of aromatic nitrogens is 3. The van der Waals surface area contributed by atoms with Crippen LogP contribution in [-0.2, 0) is 19.0 Å². The van der Waals surface area contributed by atoms with Crippen LogP contribution in [0.1, 0.15) is 37.4 Å². The zero-order valence-corrected chi connectivity index (χ0v) is 16.8. The van der Waals surface area contributed by atoms with Gasteiger partial charge in [0.2, 0.25) is 0 Å². The van der Waals surface area contributed by atoms with E-state index in [1.807, 2.05) is 13.8 Å². The van der Waals surface area contributed by atoms with Crippen LogP contribution in [0.4, 0.5) is 32.0 Å². The van der Waals surface area contributed by atoms with E-state index < -0.39 is 30.9 Å². The van der Waals surface area contributed by atoms with E-state index in [0.717, 1.165) is 29.1 Å². The normalized spacial score (nSPS) is 13.6. The van der Waals surface area contributed by atoms with Gasteiger partial charge < -0.3 is 5.32 Å². The van der Waals surface area contributed by atoms with Crippen molar-refractivity contribution in [2.75, 3.05) is 5.32 Å². The van der Waals surface area contributed by atoms with Gasteiger partial charge in [0.05, 0.1) is 6.42 Å². The second-order valence-corrected chi connectivity index (χ2v) is 6.76. The largest absolute Gasteiger partial charge is 0.433 e. The summed E-state index contributed by atoms with van der Waals surface area (Å²) in [7, 11) is 0. The molecule has 0 saturated heterocycles. The van der Waals surface area contributed by atoms with Crippen LogP contribution < -0.4 is 5.32 Å². The minimum absolute atomic E-state index is 0.00566. The quantitative estimate of drug-likeness (QED) is 0.475. The Morgan fingerprint density at radius 3 is 2.39 bits per heavy atom. The molecule has 1 aromatic carbocycles. The molecule has 0 bridgehead atoms. The molecule has 4 nitrogen and oxygen atoms in total. The predicted octanol–water partition coefficient (Wildman–Crippen LogP) is 6.44. The van der Waals surface area contributed by atoms with Crippen LogP contribution in [0.25, 0.3) is 16.9 Å². The third-order valence-electron chi connectivity index (χ3n) is 4.56. The Morgan fingerprint density at radius 1 is 1.03 bits per heavy atom. The molecule has 31 heavy (non-hydrogen) atoms. The number of imidazole rings is 1. The number of nitrogens with zero attached hydrogens (tertiary/aromatic N) is 3. The molecular weight excluding hydrogens is 422 g/mol. The number of allylic oxidation sites excluding steroid dienone is 1. The fourth-order valence-electron chi connectivity index (χ4n) is 3.31. The first-order chi connectivity index (χ1) is 14.5. The number of rotatable bonds is 3. The van der Waals surface area contributed by atoms with Crippen molar-refractivity contribution in [3.05, 3.63) is 59.7 Å². The monoisotopic (exact) mass is 442 g/mol. The van der Waals surface area contributed by atoms with Gasteiger partial charge in [0, 0.05) is 29.9 Å². The molecule has 3 heterocycles. The Morgan fingerprint density at radius 2 is 1.74 bits per heavy atom. The van der Waals surface area contributed by atoms with Crippen molar-refractivity contribution in [1.29, 1.82) is 0 Å². The number of benzene rings is 1. The maximum Gasteiger partial charge on any atom is 0.433 e. The van der Waals surface area contributed by atoms with Crippen LogP contribution in [0.5, 0.6) is 0 Å². The van der Waals surface area contributed by atoms with Crippen LogP contribution in [0, 0.1) is 0 Å². The van der Waals surface area contributed by atoms with Gasteiger partial charge in [0.15, 0.2) is 5.65 Å². The lowest BCUT2D eigenvalue weighted by molar-refractivity contribution is -0.141. The van der Waals surface area contributed by atoms with E-state index in [9.17, 15) is 26.3 Å². The maximum absolute atomic E-state index is 13.1. The highest BCUT2D eigenvalue weighted by atomic mass is 19.4. The third-order valence-corrected chi connectivity index (χ3v) is 4.56.